The molecule has 0 unspecified atom stereocenters. The molecule has 1 aliphatic heterocycles. The maximum absolute atomic E-state index is 12.4. The lowest BCUT2D eigenvalue weighted by atomic mass is 10.1. The highest BCUT2D eigenvalue weighted by atomic mass is 32.2. The van der Waals surface area contributed by atoms with E-state index in [1.807, 2.05) is 6.92 Å². The number of nitrogens with one attached hydrogen (secondary N) is 3. The highest BCUT2D eigenvalue weighted by Gasteiger charge is 2.16. The minimum atomic E-state index is -3.74. The first-order valence-corrected chi connectivity index (χ1v) is 10.9. The van der Waals surface area contributed by atoms with E-state index in [0.717, 1.165) is 25.2 Å². The second-order valence-electron chi connectivity index (χ2n) is 6.86. The lowest BCUT2D eigenvalue weighted by Crippen LogP contribution is -2.34. The van der Waals surface area contributed by atoms with Crippen molar-refractivity contribution in [1.82, 2.24) is 19.7 Å². The number of aryl methyl sites for hydroxylation is 1. The van der Waals surface area contributed by atoms with Gasteiger partial charge >= 0.3 is 0 Å². The molecular formula is C18H27N7O2S. The molecular weight excluding hydrogens is 378 g/mol. The van der Waals surface area contributed by atoms with Gasteiger partial charge in [-0.1, -0.05) is 24.1 Å². The average Bonchev–Trinajstić information content (AvgIpc) is 2.69. The summed E-state index contributed by atoms with van der Waals surface area (Å²) < 4.78 is 24.8. The van der Waals surface area contributed by atoms with Gasteiger partial charge in [0.2, 0.25) is 0 Å². The Balaban J connectivity index is 1.58. The Morgan fingerprint density at radius 3 is 2.46 bits per heavy atom. The van der Waals surface area contributed by atoms with E-state index in [4.69, 9.17) is 5.73 Å². The summed E-state index contributed by atoms with van der Waals surface area (Å²) in [5.41, 5.74) is 9.91. The smallest absolute Gasteiger partial charge is 0.257 e. The van der Waals surface area contributed by atoms with Gasteiger partial charge in [-0.05, 0) is 45.0 Å². The molecule has 3 rings (SSSR count). The first-order valence-electron chi connectivity index (χ1n) is 9.37. The molecule has 1 aromatic carbocycles. The molecule has 2 aromatic rings. The maximum Gasteiger partial charge on any atom is 0.257 e. The second-order valence-corrected chi connectivity index (χ2v) is 8.54. The predicted molar refractivity (Wildman–Crippen MR) is 110 cm³/mol. The second kappa shape index (κ2) is 9.18. The van der Waals surface area contributed by atoms with Crippen molar-refractivity contribution in [1.29, 1.82) is 0 Å². The van der Waals surface area contributed by atoms with E-state index in [0.29, 0.717) is 12.4 Å². The number of hydrogen-bond acceptors (Lipinski definition) is 8. The number of hydrogen-bond donors (Lipinski definition) is 4. The van der Waals surface area contributed by atoms with Crippen LogP contribution in [0.15, 0.2) is 35.5 Å². The monoisotopic (exact) mass is 405 g/mol. The van der Waals surface area contributed by atoms with Crippen molar-refractivity contribution in [3.05, 3.63) is 36.2 Å². The van der Waals surface area contributed by atoms with Crippen LogP contribution in [0.1, 0.15) is 24.8 Å². The zero-order valence-corrected chi connectivity index (χ0v) is 16.8. The molecule has 0 atom stereocenters. The molecule has 0 bridgehead atoms. The van der Waals surface area contributed by atoms with Crippen LogP contribution < -0.4 is 21.3 Å². The minimum absolute atomic E-state index is 0.151. The molecule has 0 radical (unpaired) electrons. The number of aromatic nitrogens is 2. The van der Waals surface area contributed by atoms with Crippen molar-refractivity contribution in [2.24, 2.45) is 0 Å². The molecule has 0 spiro atoms. The zero-order chi connectivity index (χ0) is 20.0. The Bertz CT molecular complexity index is 881. The Morgan fingerprint density at radius 2 is 1.75 bits per heavy atom. The molecule has 1 aliphatic rings. The fourth-order valence-electron chi connectivity index (χ4n) is 3.04. The normalized spacial score (nSPS) is 15.3. The van der Waals surface area contributed by atoms with Gasteiger partial charge < -0.3 is 16.0 Å². The molecule has 152 valence electrons. The van der Waals surface area contributed by atoms with Crippen molar-refractivity contribution < 1.29 is 8.42 Å². The van der Waals surface area contributed by atoms with Gasteiger partial charge in [0.15, 0.2) is 11.6 Å². The maximum atomic E-state index is 12.4. The van der Waals surface area contributed by atoms with Crippen molar-refractivity contribution in [3.63, 3.8) is 0 Å². The highest BCUT2D eigenvalue weighted by Crippen LogP contribution is 2.22. The number of nitrogen functional groups attached to an aromatic ring is 1. The minimum Gasteiger partial charge on any atom is -0.393 e. The lowest BCUT2D eigenvalue weighted by Gasteiger charge is -2.26. The number of nitrogens with two attached hydrogens (primary N) is 1. The molecule has 0 aliphatic carbocycles. The largest absolute Gasteiger partial charge is 0.393 e. The Morgan fingerprint density at radius 1 is 1.07 bits per heavy atom. The third kappa shape index (κ3) is 5.31. The van der Waals surface area contributed by atoms with Crippen molar-refractivity contribution >= 4 is 27.3 Å². The van der Waals surface area contributed by atoms with Crippen molar-refractivity contribution in [3.8, 4) is 0 Å². The first-order chi connectivity index (χ1) is 13.5. The van der Waals surface area contributed by atoms with Crippen molar-refractivity contribution in [2.75, 3.05) is 42.7 Å². The lowest BCUT2D eigenvalue weighted by molar-refractivity contribution is 0.237. The van der Waals surface area contributed by atoms with Crippen LogP contribution in [-0.2, 0) is 10.0 Å². The Labute approximate surface area is 165 Å². The fourth-order valence-corrected chi connectivity index (χ4v) is 3.89. The highest BCUT2D eigenvalue weighted by molar-refractivity contribution is 7.89. The van der Waals surface area contributed by atoms with Crippen LogP contribution >= 0.6 is 0 Å². The molecule has 5 N–H and O–H groups in total. The number of hydrazine groups is 1. The molecule has 0 amide bonds. The van der Waals surface area contributed by atoms with E-state index in [1.54, 1.807) is 12.1 Å². The molecule has 9 nitrogen and oxygen atoms in total. The molecule has 1 fully saturated rings. The van der Waals surface area contributed by atoms with E-state index in [9.17, 15) is 8.42 Å². The fraction of sp³-hybridized carbons (Fsp3) is 0.444. The molecule has 1 aromatic heterocycles. The van der Waals surface area contributed by atoms with E-state index in [2.05, 4.69) is 30.4 Å². The number of benzene rings is 1. The first kappa shape index (κ1) is 20.3. The van der Waals surface area contributed by atoms with Gasteiger partial charge in [0.1, 0.15) is 12.0 Å². The van der Waals surface area contributed by atoms with E-state index < -0.39 is 10.0 Å². The average molecular weight is 406 g/mol. The topological polar surface area (TPSA) is 125 Å². The van der Waals surface area contributed by atoms with Gasteiger partial charge in [-0.2, -0.15) is 0 Å². The number of rotatable bonds is 8. The summed E-state index contributed by atoms with van der Waals surface area (Å²) >= 11 is 0. The van der Waals surface area contributed by atoms with E-state index >= 15 is 0 Å². The number of likely N-dealkylation sites (tertiary alicyclic amines) is 1. The van der Waals surface area contributed by atoms with Gasteiger partial charge in [0.25, 0.3) is 10.0 Å². The molecule has 1 saturated heterocycles. The Hall–Kier alpha value is -2.43. The third-order valence-electron chi connectivity index (χ3n) is 4.69. The SMILES string of the molecule is Cc1ccc(S(=O)(=O)NNc2ncnc(NCCN3CCCCC3)c2N)cc1. The number of anilines is 3. The summed E-state index contributed by atoms with van der Waals surface area (Å²) in [6, 6.07) is 6.54. The third-order valence-corrected chi connectivity index (χ3v) is 5.95. The standard InChI is InChI=1S/C18H27N7O2S/c1-14-5-7-15(8-6-14)28(26,27)24-23-18-16(19)17(21-13-22-18)20-9-12-25-10-3-2-4-11-25/h5-8,13,24H,2-4,9-12,19H2,1H3,(H2,20,21,22,23). The molecule has 28 heavy (non-hydrogen) atoms. The van der Waals surface area contributed by atoms with Crippen LogP contribution in [0, 0.1) is 6.92 Å². The van der Waals surface area contributed by atoms with Gasteiger partial charge in [-0.15, -0.1) is 4.83 Å². The molecule has 10 heteroatoms. The van der Waals surface area contributed by atoms with Crippen LogP contribution in [0.5, 0.6) is 0 Å². The van der Waals surface area contributed by atoms with Gasteiger partial charge in [-0.25, -0.2) is 18.4 Å². The summed E-state index contributed by atoms with van der Waals surface area (Å²) in [6.07, 6.45) is 5.12. The van der Waals surface area contributed by atoms with Crippen LogP contribution in [0.2, 0.25) is 0 Å². The van der Waals surface area contributed by atoms with Gasteiger partial charge in [0, 0.05) is 13.1 Å². The van der Waals surface area contributed by atoms with Crippen molar-refractivity contribution in [2.45, 2.75) is 31.1 Å². The quantitative estimate of drug-likeness (QED) is 0.488. The predicted octanol–water partition coefficient (Wildman–Crippen LogP) is 1.57. The van der Waals surface area contributed by atoms with Gasteiger partial charge in [-0.3, -0.25) is 5.43 Å². The van der Waals surface area contributed by atoms with Crippen LogP contribution in [0.25, 0.3) is 0 Å². The summed E-state index contributed by atoms with van der Waals surface area (Å²) in [5.74, 6) is 0.676. The molecule has 0 saturated carbocycles. The number of nitrogens with zero attached hydrogens (tertiary/aromatic N) is 3. The van der Waals surface area contributed by atoms with E-state index in [-0.39, 0.29) is 16.4 Å². The summed E-state index contributed by atoms with van der Waals surface area (Å²) in [4.78, 5) is 13.0. The van der Waals surface area contributed by atoms with Gasteiger partial charge in [0.05, 0.1) is 4.90 Å². The van der Waals surface area contributed by atoms with Crippen LogP contribution in [-0.4, -0.2) is 49.5 Å². The van der Waals surface area contributed by atoms with Crippen LogP contribution in [0.3, 0.4) is 0 Å². The van der Waals surface area contributed by atoms with E-state index in [1.165, 1.54) is 37.7 Å². The summed E-state index contributed by atoms with van der Waals surface area (Å²) in [6.45, 7) is 5.74. The van der Waals surface area contributed by atoms with Crippen LogP contribution in [0.4, 0.5) is 17.3 Å². The molecule has 2 heterocycles. The summed E-state index contributed by atoms with van der Waals surface area (Å²) in [5, 5.41) is 3.20. The number of sulfonamides is 1. The number of piperidine rings is 1. The summed E-state index contributed by atoms with van der Waals surface area (Å²) in [7, 11) is -3.74. The zero-order valence-electron chi connectivity index (χ0n) is 16.0. The Kier molecular flexibility index (Phi) is 6.65.